The molecule has 0 saturated heterocycles. The fourth-order valence-corrected chi connectivity index (χ4v) is 1.78. The first-order chi connectivity index (χ1) is 9.56. The fourth-order valence-electron chi connectivity index (χ4n) is 1.78. The van der Waals surface area contributed by atoms with Gasteiger partial charge in [0.2, 0.25) is 5.91 Å². The summed E-state index contributed by atoms with van der Waals surface area (Å²) in [5.74, 6) is -0.289. The minimum atomic E-state index is -0.594. The zero-order chi connectivity index (χ0) is 14.5. The van der Waals surface area contributed by atoms with Crippen LogP contribution in [0, 0.1) is 6.92 Å². The molecule has 0 radical (unpaired) electrons. The number of benzene rings is 1. The van der Waals surface area contributed by atoms with E-state index in [1.54, 1.807) is 0 Å². The number of H-pyrrole nitrogens is 1. The summed E-state index contributed by atoms with van der Waals surface area (Å²) < 4.78 is 1.15. The quantitative estimate of drug-likeness (QED) is 0.832. The molecule has 1 amide bonds. The minimum Gasteiger partial charge on any atom is -0.350 e. The highest BCUT2D eigenvalue weighted by Crippen LogP contribution is 2.05. The standard InChI is InChI=1S/C14H15N3O3/c1-10-4-2-3-5-11(10)8-15-13(19)9-17-7-6-12(18)16-14(17)20/h2-7H,8-9H2,1H3,(H,15,19)(H,16,18,20). The van der Waals surface area contributed by atoms with Gasteiger partial charge in [0.05, 0.1) is 0 Å². The number of nitrogens with zero attached hydrogens (tertiary/aromatic N) is 1. The van der Waals surface area contributed by atoms with Gasteiger partial charge in [0, 0.05) is 18.8 Å². The van der Waals surface area contributed by atoms with E-state index in [2.05, 4.69) is 10.3 Å². The predicted octanol–water partition coefficient (Wildman–Crippen LogP) is 0.161. The lowest BCUT2D eigenvalue weighted by atomic mass is 10.1. The zero-order valence-electron chi connectivity index (χ0n) is 11.1. The Balaban J connectivity index is 1.98. The number of aromatic amines is 1. The summed E-state index contributed by atoms with van der Waals surface area (Å²) in [7, 11) is 0. The van der Waals surface area contributed by atoms with Gasteiger partial charge in [-0.05, 0) is 18.1 Å². The first-order valence-corrected chi connectivity index (χ1v) is 6.17. The van der Waals surface area contributed by atoms with Crippen LogP contribution in [0.15, 0.2) is 46.1 Å². The van der Waals surface area contributed by atoms with Crippen LogP contribution in [0.25, 0.3) is 0 Å². The molecule has 20 heavy (non-hydrogen) atoms. The summed E-state index contributed by atoms with van der Waals surface area (Å²) in [5, 5.41) is 2.74. The van der Waals surface area contributed by atoms with Crippen LogP contribution in [0.5, 0.6) is 0 Å². The van der Waals surface area contributed by atoms with Gasteiger partial charge in [-0.25, -0.2) is 4.79 Å². The van der Waals surface area contributed by atoms with Crippen molar-refractivity contribution in [2.75, 3.05) is 0 Å². The van der Waals surface area contributed by atoms with Crippen molar-refractivity contribution >= 4 is 5.91 Å². The Bertz CT molecular complexity index is 731. The maximum atomic E-state index is 11.8. The molecule has 0 aliphatic rings. The molecular formula is C14H15N3O3. The zero-order valence-corrected chi connectivity index (χ0v) is 11.1. The first kappa shape index (κ1) is 13.8. The monoisotopic (exact) mass is 273 g/mol. The van der Waals surface area contributed by atoms with Crippen LogP contribution in [0.3, 0.4) is 0 Å². The van der Waals surface area contributed by atoms with Gasteiger partial charge in [0.25, 0.3) is 5.56 Å². The lowest BCUT2D eigenvalue weighted by Crippen LogP contribution is -2.35. The van der Waals surface area contributed by atoms with Gasteiger partial charge in [0.15, 0.2) is 0 Å². The molecule has 104 valence electrons. The van der Waals surface area contributed by atoms with Crippen molar-refractivity contribution in [3.05, 3.63) is 68.5 Å². The maximum absolute atomic E-state index is 11.8. The fraction of sp³-hybridized carbons (Fsp3) is 0.214. The smallest absolute Gasteiger partial charge is 0.328 e. The molecular weight excluding hydrogens is 258 g/mol. The molecule has 0 bridgehead atoms. The van der Waals surface area contributed by atoms with Gasteiger partial charge in [0.1, 0.15) is 6.54 Å². The molecule has 6 nitrogen and oxygen atoms in total. The Morgan fingerprint density at radius 3 is 2.70 bits per heavy atom. The van der Waals surface area contributed by atoms with E-state index >= 15 is 0 Å². The maximum Gasteiger partial charge on any atom is 0.328 e. The summed E-state index contributed by atoms with van der Waals surface area (Å²) in [5.41, 5.74) is 1.04. The second kappa shape index (κ2) is 6.01. The minimum absolute atomic E-state index is 0.124. The highest BCUT2D eigenvalue weighted by molar-refractivity contribution is 5.75. The largest absolute Gasteiger partial charge is 0.350 e. The van der Waals surface area contributed by atoms with Crippen LogP contribution in [-0.2, 0) is 17.9 Å². The van der Waals surface area contributed by atoms with Gasteiger partial charge >= 0.3 is 5.69 Å². The van der Waals surface area contributed by atoms with Crippen LogP contribution in [-0.4, -0.2) is 15.5 Å². The van der Waals surface area contributed by atoms with E-state index in [0.29, 0.717) is 6.54 Å². The summed E-state index contributed by atoms with van der Waals surface area (Å²) in [6.07, 6.45) is 1.30. The molecule has 0 aliphatic heterocycles. The molecule has 6 heteroatoms. The second-order valence-electron chi connectivity index (χ2n) is 4.44. The Morgan fingerprint density at radius 1 is 1.25 bits per heavy atom. The number of amides is 1. The third-order valence-electron chi connectivity index (χ3n) is 2.95. The van der Waals surface area contributed by atoms with Crippen molar-refractivity contribution in [3.8, 4) is 0 Å². The number of hydrogen-bond donors (Lipinski definition) is 2. The number of aromatic nitrogens is 2. The van der Waals surface area contributed by atoms with Crippen LogP contribution >= 0.6 is 0 Å². The SMILES string of the molecule is Cc1ccccc1CNC(=O)Cn1ccc(=O)[nH]c1=O. The molecule has 0 atom stereocenters. The van der Waals surface area contributed by atoms with E-state index in [0.717, 1.165) is 15.7 Å². The van der Waals surface area contributed by atoms with Crippen molar-refractivity contribution in [1.82, 2.24) is 14.9 Å². The van der Waals surface area contributed by atoms with E-state index in [1.165, 1.54) is 12.3 Å². The lowest BCUT2D eigenvalue weighted by molar-refractivity contribution is -0.121. The molecule has 0 fully saturated rings. The van der Waals surface area contributed by atoms with Gasteiger partial charge in [-0.15, -0.1) is 0 Å². The number of rotatable bonds is 4. The Labute approximate surface area is 115 Å². The molecule has 0 aliphatic carbocycles. The van der Waals surface area contributed by atoms with Crippen LogP contribution in [0.4, 0.5) is 0 Å². The van der Waals surface area contributed by atoms with E-state index in [9.17, 15) is 14.4 Å². The predicted molar refractivity (Wildman–Crippen MR) is 74.3 cm³/mol. The Morgan fingerprint density at radius 2 is 2.00 bits per heavy atom. The summed E-state index contributed by atoms with van der Waals surface area (Å²) in [4.78, 5) is 36.2. The highest BCUT2D eigenvalue weighted by Gasteiger charge is 2.05. The van der Waals surface area contributed by atoms with E-state index < -0.39 is 11.2 Å². The second-order valence-corrected chi connectivity index (χ2v) is 4.44. The average Bonchev–Trinajstić information content (AvgIpc) is 2.41. The molecule has 0 unspecified atom stereocenters. The Hall–Kier alpha value is -2.63. The van der Waals surface area contributed by atoms with Gasteiger partial charge in [-0.1, -0.05) is 24.3 Å². The first-order valence-electron chi connectivity index (χ1n) is 6.17. The molecule has 1 aromatic carbocycles. The van der Waals surface area contributed by atoms with Crippen molar-refractivity contribution in [2.24, 2.45) is 0 Å². The summed E-state index contributed by atoms with van der Waals surface area (Å²) in [6.45, 7) is 2.25. The number of carbonyl (C=O) groups excluding carboxylic acids is 1. The molecule has 2 aromatic rings. The number of hydrogen-bond acceptors (Lipinski definition) is 3. The lowest BCUT2D eigenvalue weighted by Gasteiger charge is -2.08. The normalized spacial score (nSPS) is 10.2. The number of nitrogens with one attached hydrogen (secondary N) is 2. The third kappa shape index (κ3) is 3.44. The number of aryl methyl sites for hydroxylation is 1. The van der Waals surface area contributed by atoms with Gasteiger partial charge < -0.3 is 5.32 Å². The van der Waals surface area contributed by atoms with E-state index in [-0.39, 0.29) is 12.5 Å². The average molecular weight is 273 g/mol. The van der Waals surface area contributed by atoms with E-state index in [4.69, 9.17) is 0 Å². The topological polar surface area (TPSA) is 84.0 Å². The van der Waals surface area contributed by atoms with Crippen molar-refractivity contribution in [3.63, 3.8) is 0 Å². The van der Waals surface area contributed by atoms with Crippen LogP contribution in [0.1, 0.15) is 11.1 Å². The number of carbonyl (C=O) groups is 1. The summed E-state index contributed by atoms with van der Waals surface area (Å²) in [6, 6.07) is 8.94. The Kier molecular flexibility index (Phi) is 4.14. The van der Waals surface area contributed by atoms with Gasteiger partial charge in [-0.2, -0.15) is 0 Å². The van der Waals surface area contributed by atoms with E-state index in [1.807, 2.05) is 31.2 Å². The van der Waals surface area contributed by atoms with Crippen molar-refractivity contribution in [2.45, 2.75) is 20.0 Å². The summed E-state index contributed by atoms with van der Waals surface area (Å²) >= 11 is 0. The third-order valence-corrected chi connectivity index (χ3v) is 2.95. The van der Waals surface area contributed by atoms with Gasteiger partial charge in [-0.3, -0.25) is 19.1 Å². The van der Waals surface area contributed by atoms with Crippen LogP contribution < -0.4 is 16.6 Å². The molecule has 1 heterocycles. The van der Waals surface area contributed by atoms with Crippen LogP contribution in [0.2, 0.25) is 0 Å². The van der Waals surface area contributed by atoms with Crippen molar-refractivity contribution in [1.29, 1.82) is 0 Å². The molecule has 2 rings (SSSR count). The molecule has 0 saturated carbocycles. The molecule has 0 spiro atoms. The molecule has 1 aromatic heterocycles. The van der Waals surface area contributed by atoms with Crippen molar-refractivity contribution < 1.29 is 4.79 Å². The highest BCUT2D eigenvalue weighted by atomic mass is 16.2. The molecule has 2 N–H and O–H groups in total.